The molecule has 3 aromatic rings. The molecule has 0 saturated carbocycles. The number of hydrogen-bond acceptors (Lipinski definition) is 6. The van der Waals surface area contributed by atoms with E-state index in [0.29, 0.717) is 19.5 Å². The molecule has 1 amide bonds. The predicted octanol–water partition coefficient (Wildman–Crippen LogP) is 0.252. The van der Waals surface area contributed by atoms with Crippen molar-refractivity contribution in [1.82, 2.24) is 29.3 Å². The standard InChI is InChI=1S/C19H22N6O4/c1-19(12-6-4-3-5-7-12,24-9-8-13(26)10-24)23(2)18(29)25-11-20-14-15(25)21-17(28)22-16(14)27/h3-7,11,13,26H,8-10H2,1-2H3,(H2,21,22,27,28)/t13-,19+/m0/s1. The fourth-order valence-corrected chi connectivity index (χ4v) is 3.91. The van der Waals surface area contributed by atoms with Gasteiger partial charge in [0.2, 0.25) is 0 Å². The molecule has 1 aliphatic rings. The molecule has 2 atom stereocenters. The van der Waals surface area contributed by atoms with E-state index in [2.05, 4.69) is 15.0 Å². The number of β-amino-alcohol motifs (C(OH)–C–C–N with tert-alkyl or cyclic N) is 1. The normalized spacial score (nSPS) is 19.3. The van der Waals surface area contributed by atoms with Crippen LogP contribution < -0.4 is 11.2 Å². The second-order valence-electron chi connectivity index (χ2n) is 7.34. The SMILES string of the molecule is CN(C(=O)n1cnc2c(=O)[nH]c(=O)[nH]c21)[C@@](C)(c1ccccc1)N1CC[C@H](O)C1. The average Bonchev–Trinajstić information content (AvgIpc) is 3.33. The van der Waals surface area contributed by atoms with Gasteiger partial charge in [-0.25, -0.2) is 19.1 Å². The molecule has 3 heterocycles. The Hall–Kier alpha value is -3.24. The van der Waals surface area contributed by atoms with Crippen LogP contribution in [0.2, 0.25) is 0 Å². The van der Waals surface area contributed by atoms with Crippen LogP contribution in [0, 0.1) is 0 Å². The van der Waals surface area contributed by atoms with Gasteiger partial charge in [0.15, 0.2) is 11.2 Å². The number of nitrogens with zero attached hydrogens (tertiary/aromatic N) is 4. The fourth-order valence-electron chi connectivity index (χ4n) is 3.91. The quantitative estimate of drug-likeness (QED) is 0.580. The van der Waals surface area contributed by atoms with Crippen LogP contribution in [0.15, 0.2) is 46.2 Å². The summed E-state index contributed by atoms with van der Waals surface area (Å²) in [7, 11) is 1.65. The minimum Gasteiger partial charge on any atom is -0.392 e. The Bertz CT molecular complexity index is 1170. The van der Waals surface area contributed by atoms with Crippen LogP contribution in [0.5, 0.6) is 0 Å². The van der Waals surface area contributed by atoms with Gasteiger partial charge in [-0.1, -0.05) is 30.3 Å². The molecule has 10 heteroatoms. The molecule has 10 nitrogen and oxygen atoms in total. The van der Waals surface area contributed by atoms with Crippen molar-refractivity contribution < 1.29 is 9.90 Å². The zero-order valence-corrected chi connectivity index (χ0v) is 16.1. The van der Waals surface area contributed by atoms with Crippen LogP contribution in [0.25, 0.3) is 11.2 Å². The first-order valence-corrected chi connectivity index (χ1v) is 9.29. The molecule has 0 aliphatic carbocycles. The number of aromatic amines is 2. The number of carbonyl (C=O) groups is 1. The van der Waals surface area contributed by atoms with Gasteiger partial charge in [-0.05, 0) is 18.9 Å². The zero-order valence-electron chi connectivity index (χ0n) is 16.1. The molecule has 1 fully saturated rings. The number of imidazole rings is 1. The second kappa shape index (κ2) is 6.98. The highest BCUT2D eigenvalue weighted by Crippen LogP contribution is 2.35. The minimum atomic E-state index is -0.867. The first kappa shape index (κ1) is 19.1. The summed E-state index contributed by atoms with van der Waals surface area (Å²) < 4.78 is 1.15. The predicted molar refractivity (Wildman–Crippen MR) is 106 cm³/mol. The van der Waals surface area contributed by atoms with Crippen LogP contribution in [-0.4, -0.2) is 66.7 Å². The molecule has 29 heavy (non-hydrogen) atoms. The number of amides is 1. The van der Waals surface area contributed by atoms with Crippen LogP contribution in [0.3, 0.4) is 0 Å². The maximum atomic E-state index is 13.4. The first-order chi connectivity index (χ1) is 13.8. The number of likely N-dealkylation sites (tertiary alicyclic amines) is 1. The van der Waals surface area contributed by atoms with E-state index in [9.17, 15) is 19.5 Å². The van der Waals surface area contributed by atoms with Gasteiger partial charge in [0.05, 0.1) is 6.10 Å². The second-order valence-corrected chi connectivity index (χ2v) is 7.34. The molecule has 3 N–H and O–H groups in total. The number of benzene rings is 1. The van der Waals surface area contributed by atoms with Gasteiger partial charge in [0.1, 0.15) is 12.0 Å². The van der Waals surface area contributed by atoms with Crippen LogP contribution >= 0.6 is 0 Å². The monoisotopic (exact) mass is 398 g/mol. The fraction of sp³-hybridized carbons (Fsp3) is 0.368. The number of H-pyrrole nitrogens is 2. The molecule has 0 bridgehead atoms. The molecule has 1 aliphatic heterocycles. The molecule has 152 valence electrons. The Kier molecular flexibility index (Phi) is 4.59. The number of carbonyl (C=O) groups excluding carboxylic acids is 1. The summed E-state index contributed by atoms with van der Waals surface area (Å²) in [6.07, 6.45) is 1.37. The molecule has 1 aromatic carbocycles. The van der Waals surface area contributed by atoms with Crippen molar-refractivity contribution in [2.45, 2.75) is 25.1 Å². The van der Waals surface area contributed by atoms with Crippen molar-refractivity contribution in [2.24, 2.45) is 0 Å². The Morgan fingerprint density at radius 3 is 2.66 bits per heavy atom. The Labute approximate surface area is 165 Å². The maximum absolute atomic E-state index is 13.4. The van der Waals surface area contributed by atoms with Crippen LogP contribution in [0.4, 0.5) is 4.79 Å². The minimum absolute atomic E-state index is 0.0237. The van der Waals surface area contributed by atoms with Gasteiger partial charge in [0.25, 0.3) is 5.56 Å². The molecular formula is C19H22N6O4. The van der Waals surface area contributed by atoms with Crippen molar-refractivity contribution in [3.05, 3.63) is 63.1 Å². The highest BCUT2D eigenvalue weighted by Gasteiger charge is 2.43. The van der Waals surface area contributed by atoms with E-state index < -0.39 is 29.0 Å². The Balaban J connectivity index is 1.81. The number of fused-ring (bicyclic) bond motifs is 1. The van der Waals surface area contributed by atoms with Gasteiger partial charge < -0.3 is 10.0 Å². The molecular weight excluding hydrogens is 376 g/mol. The van der Waals surface area contributed by atoms with Crippen LogP contribution in [0.1, 0.15) is 18.9 Å². The smallest absolute Gasteiger partial charge is 0.332 e. The lowest BCUT2D eigenvalue weighted by Crippen LogP contribution is -2.57. The van der Waals surface area contributed by atoms with E-state index in [1.807, 2.05) is 42.2 Å². The number of hydrogen-bond donors (Lipinski definition) is 3. The lowest BCUT2D eigenvalue weighted by atomic mass is 9.98. The zero-order chi connectivity index (χ0) is 20.8. The molecule has 0 spiro atoms. The average molecular weight is 398 g/mol. The summed E-state index contributed by atoms with van der Waals surface area (Å²) in [5.74, 6) is 0. The number of aliphatic hydroxyl groups excluding tert-OH is 1. The lowest BCUT2D eigenvalue weighted by Gasteiger charge is -2.45. The largest absolute Gasteiger partial charge is 0.392 e. The highest BCUT2D eigenvalue weighted by atomic mass is 16.3. The van der Waals surface area contributed by atoms with Crippen molar-refractivity contribution in [3.8, 4) is 0 Å². The van der Waals surface area contributed by atoms with Gasteiger partial charge >= 0.3 is 11.7 Å². The van der Waals surface area contributed by atoms with Crippen molar-refractivity contribution in [3.63, 3.8) is 0 Å². The van der Waals surface area contributed by atoms with E-state index in [1.54, 1.807) is 7.05 Å². The number of aliphatic hydroxyl groups is 1. The number of aromatic nitrogens is 4. The Morgan fingerprint density at radius 1 is 1.28 bits per heavy atom. The van der Waals surface area contributed by atoms with Crippen molar-refractivity contribution in [2.75, 3.05) is 20.1 Å². The van der Waals surface area contributed by atoms with Gasteiger partial charge in [-0.2, -0.15) is 0 Å². The summed E-state index contributed by atoms with van der Waals surface area (Å²) in [6, 6.07) is 9.05. The van der Waals surface area contributed by atoms with E-state index in [0.717, 1.165) is 10.1 Å². The number of rotatable bonds is 3. The third-order valence-corrected chi connectivity index (χ3v) is 5.69. The molecule has 0 unspecified atom stereocenters. The highest BCUT2D eigenvalue weighted by molar-refractivity contribution is 5.86. The molecule has 0 radical (unpaired) electrons. The van der Waals surface area contributed by atoms with Crippen molar-refractivity contribution in [1.29, 1.82) is 0 Å². The molecule has 2 aromatic heterocycles. The summed E-state index contributed by atoms with van der Waals surface area (Å²) in [6.45, 7) is 2.95. The summed E-state index contributed by atoms with van der Waals surface area (Å²) in [4.78, 5) is 49.2. The van der Waals surface area contributed by atoms with E-state index >= 15 is 0 Å². The lowest BCUT2D eigenvalue weighted by molar-refractivity contribution is -0.00207. The van der Waals surface area contributed by atoms with E-state index in [1.165, 1.54) is 11.2 Å². The van der Waals surface area contributed by atoms with Crippen molar-refractivity contribution >= 4 is 17.2 Å². The Morgan fingerprint density at radius 2 is 2.00 bits per heavy atom. The van der Waals surface area contributed by atoms with E-state index in [4.69, 9.17) is 0 Å². The van der Waals surface area contributed by atoms with Gasteiger partial charge in [-0.3, -0.25) is 19.7 Å². The summed E-state index contributed by atoms with van der Waals surface area (Å²) in [5.41, 5.74) is -1.36. The maximum Gasteiger partial charge on any atom is 0.332 e. The molecule has 1 saturated heterocycles. The number of nitrogens with one attached hydrogen (secondary N) is 2. The van der Waals surface area contributed by atoms with Gasteiger partial charge in [0, 0.05) is 20.1 Å². The first-order valence-electron chi connectivity index (χ1n) is 9.29. The third kappa shape index (κ3) is 3.06. The summed E-state index contributed by atoms with van der Waals surface area (Å²) >= 11 is 0. The topological polar surface area (TPSA) is 127 Å². The van der Waals surface area contributed by atoms with Crippen LogP contribution in [-0.2, 0) is 5.66 Å². The van der Waals surface area contributed by atoms with Gasteiger partial charge in [-0.15, -0.1) is 0 Å². The summed E-state index contributed by atoms with van der Waals surface area (Å²) in [5, 5.41) is 10.1. The van der Waals surface area contributed by atoms with E-state index in [-0.39, 0.29) is 11.2 Å². The molecule has 4 rings (SSSR count). The third-order valence-electron chi connectivity index (χ3n) is 5.69.